The van der Waals surface area contributed by atoms with Crippen LogP contribution in [0, 0.1) is 5.82 Å². The Morgan fingerprint density at radius 2 is 1.74 bits per heavy atom. The van der Waals surface area contributed by atoms with Crippen LogP contribution >= 0.6 is 23.2 Å². The van der Waals surface area contributed by atoms with Crippen LogP contribution in [0.1, 0.15) is 11.1 Å². The first-order valence-corrected chi connectivity index (χ1v) is 6.74. The molecule has 0 bridgehead atoms. The van der Waals surface area contributed by atoms with E-state index in [1.165, 1.54) is 12.1 Å². The molecule has 1 unspecified atom stereocenters. The van der Waals surface area contributed by atoms with Crippen LogP contribution in [0.2, 0.25) is 10.0 Å². The van der Waals surface area contributed by atoms with Gasteiger partial charge in [0.1, 0.15) is 5.82 Å². The lowest BCUT2D eigenvalue weighted by molar-refractivity contribution is 0.584. The van der Waals surface area contributed by atoms with Crippen LogP contribution in [0.3, 0.4) is 0 Å². The summed E-state index contributed by atoms with van der Waals surface area (Å²) in [4.78, 5) is 0. The van der Waals surface area contributed by atoms with E-state index in [1.54, 1.807) is 6.07 Å². The Morgan fingerprint density at radius 3 is 2.47 bits per heavy atom. The van der Waals surface area contributed by atoms with Crippen molar-refractivity contribution in [3.05, 3.63) is 69.5 Å². The molecule has 0 aromatic heterocycles. The van der Waals surface area contributed by atoms with Crippen LogP contribution in [0.4, 0.5) is 4.39 Å². The molecule has 100 valence electrons. The van der Waals surface area contributed by atoms with Crippen molar-refractivity contribution in [1.82, 2.24) is 0 Å². The van der Waals surface area contributed by atoms with Gasteiger partial charge in [0.05, 0.1) is 0 Å². The number of hydrogen-bond acceptors (Lipinski definition) is 1. The first-order valence-electron chi connectivity index (χ1n) is 5.98. The quantitative estimate of drug-likeness (QED) is 0.897. The number of rotatable bonds is 4. The van der Waals surface area contributed by atoms with Gasteiger partial charge in [0, 0.05) is 16.1 Å². The largest absolute Gasteiger partial charge is 0.327 e. The molecular formula is C15H14Cl2FN. The molecule has 0 heterocycles. The van der Waals surface area contributed by atoms with Gasteiger partial charge in [-0.2, -0.15) is 0 Å². The van der Waals surface area contributed by atoms with Crippen LogP contribution in [-0.4, -0.2) is 6.04 Å². The summed E-state index contributed by atoms with van der Waals surface area (Å²) < 4.78 is 13.6. The van der Waals surface area contributed by atoms with Crippen LogP contribution in [0.25, 0.3) is 0 Å². The minimum absolute atomic E-state index is 0.175. The first-order chi connectivity index (χ1) is 9.04. The van der Waals surface area contributed by atoms with Gasteiger partial charge in [-0.25, -0.2) is 4.39 Å². The van der Waals surface area contributed by atoms with E-state index in [9.17, 15) is 4.39 Å². The zero-order valence-electron chi connectivity index (χ0n) is 10.2. The Labute approximate surface area is 122 Å². The Balaban J connectivity index is 2.05. The molecule has 19 heavy (non-hydrogen) atoms. The molecule has 0 fully saturated rings. The number of benzene rings is 2. The summed E-state index contributed by atoms with van der Waals surface area (Å²) >= 11 is 11.8. The van der Waals surface area contributed by atoms with Gasteiger partial charge in [0.25, 0.3) is 0 Å². The molecule has 0 aliphatic rings. The Morgan fingerprint density at radius 1 is 1.00 bits per heavy atom. The zero-order valence-corrected chi connectivity index (χ0v) is 11.8. The molecule has 0 saturated heterocycles. The number of halogens is 3. The van der Waals surface area contributed by atoms with Crippen LogP contribution < -0.4 is 5.73 Å². The second-order valence-corrected chi connectivity index (χ2v) is 5.41. The van der Waals surface area contributed by atoms with E-state index >= 15 is 0 Å². The minimum atomic E-state index is -0.272. The smallest absolute Gasteiger partial charge is 0.126 e. The Bertz CT molecular complexity index is 572. The summed E-state index contributed by atoms with van der Waals surface area (Å²) in [6.07, 6.45) is 1.09. The fourth-order valence-corrected chi connectivity index (χ4v) is 2.43. The monoisotopic (exact) mass is 297 g/mol. The minimum Gasteiger partial charge on any atom is -0.327 e. The van der Waals surface area contributed by atoms with Gasteiger partial charge in [-0.1, -0.05) is 35.3 Å². The maximum Gasteiger partial charge on any atom is 0.126 e. The summed E-state index contributed by atoms with van der Waals surface area (Å²) in [5.74, 6) is -0.272. The van der Waals surface area contributed by atoms with Crippen molar-refractivity contribution in [2.75, 3.05) is 0 Å². The first kappa shape index (κ1) is 14.3. The van der Waals surface area contributed by atoms with Crippen molar-refractivity contribution in [3.63, 3.8) is 0 Å². The number of hydrogen-bond donors (Lipinski definition) is 1. The second-order valence-electron chi connectivity index (χ2n) is 4.53. The van der Waals surface area contributed by atoms with Gasteiger partial charge in [0.15, 0.2) is 0 Å². The van der Waals surface area contributed by atoms with Crippen molar-refractivity contribution in [2.24, 2.45) is 5.73 Å². The lowest BCUT2D eigenvalue weighted by Gasteiger charge is -2.13. The van der Waals surface area contributed by atoms with Gasteiger partial charge in [-0.3, -0.25) is 0 Å². The van der Waals surface area contributed by atoms with E-state index in [0.29, 0.717) is 28.5 Å². The van der Waals surface area contributed by atoms with Crippen LogP contribution in [0.15, 0.2) is 42.5 Å². The average molecular weight is 298 g/mol. The maximum atomic E-state index is 13.6. The normalized spacial score (nSPS) is 12.4. The molecule has 0 radical (unpaired) electrons. The average Bonchev–Trinajstić information content (AvgIpc) is 2.34. The fourth-order valence-electron chi connectivity index (χ4n) is 2.02. The summed E-state index contributed by atoms with van der Waals surface area (Å²) in [7, 11) is 0. The molecule has 2 aromatic rings. The third-order valence-electron chi connectivity index (χ3n) is 2.88. The standard InChI is InChI=1S/C15H14Cl2FN/c16-12-3-1-2-10(6-12)7-14(19)9-11-8-13(17)4-5-15(11)18/h1-6,8,14H,7,9,19H2. The molecule has 0 aliphatic carbocycles. The van der Waals surface area contributed by atoms with Gasteiger partial charge < -0.3 is 5.73 Å². The van der Waals surface area contributed by atoms with E-state index in [0.717, 1.165) is 5.56 Å². The maximum absolute atomic E-state index is 13.6. The van der Waals surface area contributed by atoms with Crippen molar-refractivity contribution < 1.29 is 4.39 Å². The highest BCUT2D eigenvalue weighted by Gasteiger charge is 2.10. The van der Waals surface area contributed by atoms with Gasteiger partial charge >= 0.3 is 0 Å². The zero-order chi connectivity index (χ0) is 13.8. The van der Waals surface area contributed by atoms with Crippen molar-refractivity contribution in [2.45, 2.75) is 18.9 Å². The van der Waals surface area contributed by atoms with Crippen molar-refractivity contribution >= 4 is 23.2 Å². The van der Waals surface area contributed by atoms with Crippen LogP contribution in [0.5, 0.6) is 0 Å². The molecule has 0 spiro atoms. The molecule has 1 atom stereocenters. The van der Waals surface area contributed by atoms with Gasteiger partial charge in [-0.15, -0.1) is 0 Å². The van der Waals surface area contributed by atoms with E-state index in [4.69, 9.17) is 28.9 Å². The third-order valence-corrected chi connectivity index (χ3v) is 3.35. The summed E-state index contributed by atoms with van der Waals surface area (Å²) in [6.45, 7) is 0. The molecule has 2 rings (SSSR count). The van der Waals surface area contributed by atoms with Crippen LogP contribution in [-0.2, 0) is 12.8 Å². The summed E-state index contributed by atoms with van der Waals surface area (Å²) in [5.41, 5.74) is 7.64. The van der Waals surface area contributed by atoms with Crippen molar-refractivity contribution in [3.8, 4) is 0 Å². The molecule has 2 aromatic carbocycles. The fraction of sp³-hybridized carbons (Fsp3) is 0.200. The van der Waals surface area contributed by atoms with E-state index in [1.807, 2.05) is 24.3 Å². The molecule has 0 amide bonds. The van der Waals surface area contributed by atoms with Gasteiger partial charge in [-0.05, 0) is 54.3 Å². The second kappa shape index (κ2) is 6.38. The topological polar surface area (TPSA) is 26.0 Å². The molecule has 0 aliphatic heterocycles. The predicted molar refractivity (Wildman–Crippen MR) is 78.2 cm³/mol. The highest BCUT2D eigenvalue weighted by molar-refractivity contribution is 6.30. The molecule has 1 nitrogen and oxygen atoms in total. The number of nitrogens with two attached hydrogens (primary N) is 1. The van der Waals surface area contributed by atoms with E-state index in [2.05, 4.69) is 0 Å². The molecule has 2 N–H and O–H groups in total. The Hall–Kier alpha value is -1.09. The summed E-state index contributed by atoms with van der Waals surface area (Å²) in [6, 6.07) is 11.9. The highest BCUT2D eigenvalue weighted by Crippen LogP contribution is 2.18. The highest BCUT2D eigenvalue weighted by atomic mass is 35.5. The lowest BCUT2D eigenvalue weighted by Crippen LogP contribution is -2.26. The lowest BCUT2D eigenvalue weighted by atomic mass is 9.99. The van der Waals surface area contributed by atoms with Gasteiger partial charge in [0.2, 0.25) is 0 Å². The van der Waals surface area contributed by atoms with E-state index in [-0.39, 0.29) is 11.9 Å². The molecular weight excluding hydrogens is 284 g/mol. The SMILES string of the molecule is NC(Cc1cccc(Cl)c1)Cc1cc(Cl)ccc1F. The third kappa shape index (κ3) is 4.20. The van der Waals surface area contributed by atoms with E-state index < -0.39 is 0 Å². The predicted octanol–water partition coefficient (Wildman–Crippen LogP) is 4.25. The summed E-state index contributed by atoms with van der Waals surface area (Å²) in [5, 5.41) is 1.20. The Kier molecular flexibility index (Phi) is 4.81. The molecule has 4 heteroatoms. The molecule has 0 saturated carbocycles. The van der Waals surface area contributed by atoms with Crippen molar-refractivity contribution in [1.29, 1.82) is 0 Å².